The third-order valence-corrected chi connectivity index (χ3v) is 0.577. The summed E-state index contributed by atoms with van der Waals surface area (Å²) in [5.74, 6) is 0. The zero-order valence-electron chi connectivity index (χ0n) is 7.67. The Labute approximate surface area is 68.8 Å². The molecule has 0 saturated carbocycles. The van der Waals surface area contributed by atoms with Crippen LogP contribution in [0.15, 0.2) is 0 Å². The van der Waals surface area contributed by atoms with Gasteiger partial charge >= 0.3 is 0 Å². The lowest BCUT2D eigenvalue weighted by atomic mass is 10.6. The van der Waals surface area contributed by atoms with Crippen molar-refractivity contribution in [3.8, 4) is 0 Å². The number of rotatable bonds is 4. The topological polar surface area (TPSA) is 55.7 Å². The van der Waals surface area contributed by atoms with Gasteiger partial charge in [-0.1, -0.05) is 0 Å². The highest BCUT2D eigenvalue weighted by Crippen LogP contribution is 1.54. The van der Waals surface area contributed by atoms with Crippen molar-refractivity contribution in [2.75, 3.05) is 47.4 Å². The van der Waals surface area contributed by atoms with Crippen LogP contribution in [0.1, 0.15) is 0 Å². The van der Waals surface area contributed by atoms with E-state index in [9.17, 15) is 0 Å². The highest BCUT2D eigenvalue weighted by molar-refractivity contribution is 4.39. The maximum atomic E-state index is 8.15. The van der Waals surface area contributed by atoms with E-state index in [2.05, 4.69) is 5.32 Å². The van der Waals surface area contributed by atoms with Crippen molar-refractivity contribution in [2.45, 2.75) is 0 Å². The fraction of sp³-hybridized carbons (Fsp3) is 1.00. The van der Waals surface area contributed by atoms with E-state index >= 15 is 0 Å². The molecule has 0 rings (SSSR count). The van der Waals surface area contributed by atoms with Crippen molar-refractivity contribution in [3.63, 3.8) is 0 Å². The molecule has 0 amide bonds. The lowest BCUT2D eigenvalue weighted by Crippen LogP contribution is -2.21. The maximum Gasteiger partial charge on any atom is 0.0555 e. The zero-order valence-corrected chi connectivity index (χ0v) is 7.67. The maximum absolute atomic E-state index is 8.15. The molecule has 0 spiro atoms. The van der Waals surface area contributed by atoms with Crippen LogP contribution < -0.4 is 5.32 Å². The molecule has 0 fully saturated rings. The van der Waals surface area contributed by atoms with Crippen LogP contribution in [0, 0.1) is 0 Å². The van der Waals surface area contributed by atoms with Crippen LogP contribution in [-0.4, -0.2) is 62.6 Å². The molecule has 0 aromatic heterocycles. The van der Waals surface area contributed by atoms with Crippen LogP contribution in [0.4, 0.5) is 0 Å². The van der Waals surface area contributed by atoms with Gasteiger partial charge in [-0.3, -0.25) is 0 Å². The van der Waals surface area contributed by atoms with E-state index in [4.69, 9.17) is 10.2 Å². The summed E-state index contributed by atoms with van der Waals surface area (Å²) in [4.78, 5) is 2.00. The van der Waals surface area contributed by atoms with Gasteiger partial charge in [0.1, 0.15) is 0 Å². The Kier molecular flexibility index (Phi) is 15.3. The van der Waals surface area contributed by atoms with Crippen molar-refractivity contribution in [1.29, 1.82) is 0 Å². The molecule has 0 saturated heterocycles. The largest absolute Gasteiger partial charge is 0.395 e. The van der Waals surface area contributed by atoms with Gasteiger partial charge in [0.05, 0.1) is 13.2 Å². The van der Waals surface area contributed by atoms with E-state index in [0.29, 0.717) is 13.1 Å². The molecule has 0 radical (unpaired) electrons. The van der Waals surface area contributed by atoms with Crippen LogP contribution in [0.25, 0.3) is 0 Å². The van der Waals surface area contributed by atoms with E-state index in [1.54, 1.807) is 0 Å². The minimum atomic E-state index is 0.139. The van der Waals surface area contributed by atoms with Crippen molar-refractivity contribution in [2.24, 2.45) is 0 Å². The van der Waals surface area contributed by atoms with Gasteiger partial charge in [-0.05, 0) is 21.1 Å². The van der Waals surface area contributed by atoms with E-state index < -0.39 is 0 Å². The monoisotopic (exact) mass is 164 g/mol. The Bertz CT molecular complexity index is 53.6. The first-order valence-electron chi connectivity index (χ1n) is 3.68. The van der Waals surface area contributed by atoms with Gasteiger partial charge in [0, 0.05) is 13.1 Å². The smallest absolute Gasteiger partial charge is 0.0555 e. The van der Waals surface area contributed by atoms with Crippen LogP contribution in [0.3, 0.4) is 0 Å². The summed E-state index contributed by atoms with van der Waals surface area (Å²) in [6, 6.07) is 0. The second kappa shape index (κ2) is 12.5. The average Bonchev–Trinajstić information content (AvgIpc) is 1.88. The predicted molar refractivity (Wildman–Crippen MR) is 46.7 cm³/mol. The molecule has 0 aromatic carbocycles. The molecule has 4 heteroatoms. The lowest BCUT2D eigenvalue weighted by molar-refractivity contribution is 0.267. The van der Waals surface area contributed by atoms with Gasteiger partial charge in [-0.15, -0.1) is 0 Å². The van der Waals surface area contributed by atoms with Gasteiger partial charge in [0.2, 0.25) is 0 Å². The summed E-state index contributed by atoms with van der Waals surface area (Å²) in [6.45, 7) is 1.42. The summed E-state index contributed by atoms with van der Waals surface area (Å²) < 4.78 is 0. The number of nitrogens with one attached hydrogen (secondary N) is 1. The Hall–Kier alpha value is -0.160. The lowest BCUT2D eigenvalue weighted by Gasteiger charge is -1.94. The summed E-state index contributed by atoms with van der Waals surface area (Å²) in [7, 11) is 6.00. The van der Waals surface area contributed by atoms with Gasteiger partial charge in [-0.2, -0.15) is 0 Å². The molecule has 0 aliphatic carbocycles. The standard InChI is InChI=1S/C4H11NO2.C3H9N/c6-3-1-5-2-4-7;1-4(2)3/h5-7H,1-4H2;1-3H3. The molecule has 0 atom stereocenters. The van der Waals surface area contributed by atoms with Crippen molar-refractivity contribution < 1.29 is 10.2 Å². The Morgan fingerprint density at radius 3 is 1.45 bits per heavy atom. The molecule has 0 heterocycles. The molecule has 4 nitrogen and oxygen atoms in total. The number of hydrogen-bond acceptors (Lipinski definition) is 4. The number of hydrogen-bond donors (Lipinski definition) is 3. The summed E-state index contributed by atoms with van der Waals surface area (Å²) >= 11 is 0. The van der Waals surface area contributed by atoms with E-state index in [1.165, 1.54) is 0 Å². The normalized spacial score (nSPS) is 9.27. The second-order valence-corrected chi connectivity index (χ2v) is 2.54. The fourth-order valence-corrected chi connectivity index (χ4v) is 0.283. The third kappa shape index (κ3) is 41.0. The van der Waals surface area contributed by atoms with Crippen LogP contribution >= 0.6 is 0 Å². The molecule has 70 valence electrons. The van der Waals surface area contributed by atoms with Crippen molar-refractivity contribution >= 4 is 0 Å². The van der Waals surface area contributed by atoms with E-state index in [0.717, 1.165) is 0 Å². The number of nitrogens with zero attached hydrogens (tertiary/aromatic N) is 1. The summed E-state index contributed by atoms with van der Waals surface area (Å²) in [5.41, 5.74) is 0. The van der Waals surface area contributed by atoms with Crippen molar-refractivity contribution in [1.82, 2.24) is 10.2 Å². The molecule has 0 unspecified atom stereocenters. The Morgan fingerprint density at radius 2 is 1.27 bits per heavy atom. The number of aliphatic hydroxyl groups excluding tert-OH is 2. The summed E-state index contributed by atoms with van der Waals surface area (Å²) in [5, 5.41) is 19.1. The number of aliphatic hydroxyl groups is 2. The molecule has 0 bridgehead atoms. The predicted octanol–water partition coefficient (Wildman–Crippen LogP) is -1.26. The molecular formula is C7H20N2O2. The highest BCUT2D eigenvalue weighted by atomic mass is 16.3. The first kappa shape index (κ1) is 13.4. The van der Waals surface area contributed by atoms with E-state index in [-0.39, 0.29) is 13.2 Å². The van der Waals surface area contributed by atoms with Crippen LogP contribution in [-0.2, 0) is 0 Å². The third-order valence-electron chi connectivity index (χ3n) is 0.577. The molecule has 3 N–H and O–H groups in total. The minimum Gasteiger partial charge on any atom is -0.395 e. The van der Waals surface area contributed by atoms with Crippen LogP contribution in [0.5, 0.6) is 0 Å². The Balaban J connectivity index is 0. The zero-order chi connectivity index (χ0) is 9.11. The molecular weight excluding hydrogens is 144 g/mol. The second-order valence-electron chi connectivity index (χ2n) is 2.54. The highest BCUT2D eigenvalue weighted by Gasteiger charge is 1.78. The molecule has 0 aliphatic heterocycles. The quantitative estimate of drug-likeness (QED) is 0.454. The van der Waals surface area contributed by atoms with Gasteiger partial charge < -0.3 is 20.4 Å². The Morgan fingerprint density at radius 1 is 1.00 bits per heavy atom. The van der Waals surface area contributed by atoms with Crippen molar-refractivity contribution in [3.05, 3.63) is 0 Å². The summed E-state index contributed by atoms with van der Waals surface area (Å²) in [6.07, 6.45) is 0. The molecule has 11 heavy (non-hydrogen) atoms. The van der Waals surface area contributed by atoms with Crippen LogP contribution in [0.2, 0.25) is 0 Å². The van der Waals surface area contributed by atoms with E-state index in [1.807, 2.05) is 26.0 Å². The first-order chi connectivity index (χ1) is 5.15. The molecule has 0 aromatic rings. The van der Waals surface area contributed by atoms with Gasteiger partial charge in [-0.25, -0.2) is 0 Å². The first-order valence-corrected chi connectivity index (χ1v) is 3.68. The SMILES string of the molecule is CN(C)C.OCCNCCO. The minimum absolute atomic E-state index is 0.139. The molecule has 0 aliphatic rings. The van der Waals surface area contributed by atoms with Gasteiger partial charge in [0.25, 0.3) is 0 Å². The fourth-order valence-electron chi connectivity index (χ4n) is 0.283. The van der Waals surface area contributed by atoms with Gasteiger partial charge in [0.15, 0.2) is 0 Å². The average molecular weight is 164 g/mol.